The van der Waals surface area contributed by atoms with E-state index in [1.54, 1.807) is 0 Å². The van der Waals surface area contributed by atoms with Crippen molar-refractivity contribution in [3.05, 3.63) is 65.7 Å². The summed E-state index contributed by atoms with van der Waals surface area (Å²) in [5.41, 5.74) is 3.18. The molecule has 3 nitrogen and oxygen atoms in total. The Labute approximate surface area is 132 Å². The van der Waals surface area contributed by atoms with Crippen molar-refractivity contribution < 1.29 is 4.79 Å². The molecule has 0 spiro atoms. The van der Waals surface area contributed by atoms with Crippen LogP contribution in [0.4, 0.5) is 5.69 Å². The first kappa shape index (κ1) is 14.6. The Hall–Kier alpha value is -2.29. The molecule has 0 radical (unpaired) electrons. The van der Waals surface area contributed by atoms with Gasteiger partial charge >= 0.3 is 0 Å². The second-order valence-electron chi connectivity index (χ2n) is 6.01. The van der Waals surface area contributed by atoms with Crippen LogP contribution in [0, 0.1) is 12.8 Å². The molecule has 1 saturated heterocycles. The molecule has 1 heterocycles. The topological polar surface area (TPSA) is 32.3 Å². The van der Waals surface area contributed by atoms with Gasteiger partial charge in [-0.15, -0.1) is 0 Å². The standard InChI is InChI=1S/C19H22N2O/c1-15-7-9-17(10-8-15)19(22)20-13-16-11-12-21(14-16)18-5-3-2-4-6-18/h2-10,16H,11-14H2,1H3,(H,20,22)/t16-/m0/s1. The molecule has 2 aromatic rings. The van der Waals surface area contributed by atoms with E-state index in [2.05, 4.69) is 34.5 Å². The summed E-state index contributed by atoms with van der Waals surface area (Å²) in [5.74, 6) is 0.549. The van der Waals surface area contributed by atoms with Crippen LogP contribution < -0.4 is 10.2 Å². The van der Waals surface area contributed by atoms with Gasteiger partial charge < -0.3 is 10.2 Å². The van der Waals surface area contributed by atoms with Crippen LogP contribution in [-0.2, 0) is 0 Å². The number of carbonyl (C=O) groups excluding carboxylic acids is 1. The highest BCUT2D eigenvalue weighted by molar-refractivity contribution is 5.94. The van der Waals surface area contributed by atoms with E-state index < -0.39 is 0 Å². The molecule has 0 bridgehead atoms. The van der Waals surface area contributed by atoms with E-state index in [1.807, 2.05) is 37.3 Å². The van der Waals surface area contributed by atoms with Crippen molar-refractivity contribution in [2.24, 2.45) is 5.92 Å². The predicted molar refractivity (Wildman–Crippen MR) is 90.3 cm³/mol. The number of carbonyl (C=O) groups is 1. The normalized spacial score (nSPS) is 17.5. The van der Waals surface area contributed by atoms with E-state index in [1.165, 1.54) is 11.3 Å². The van der Waals surface area contributed by atoms with Crippen molar-refractivity contribution in [2.75, 3.05) is 24.5 Å². The molecule has 2 aromatic carbocycles. The lowest BCUT2D eigenvalue weighted by Gasteiger charge is -2.18. The van der Waals surface area contributed by atoms with Gasteiger partial charge in [-0.2, -0.15) is 0 Å². The maximum Gasteiger partial charge on any atom is 0.251 e. The number of anilines is 1. The molecule has 0 aliphatic carbocycles. The molecule has 0 aromatic heterocycles. The van der Waals surface area contributed by atoms with Crippen molar-refractivity contribution in [2.45, 2.75) is 13.3 Å². The number of hydrogen-bond donors (Lipinski definition) is 1. The van der Waals surface area contributed by atoms with Gasteiger partial charge in [0.25, 0.3) is 5.91 Å². The highest BCUT2D eigenvalue weighted by Gasteiger charge is 2.23. The fourth-order valence-corrected chi connectivity index (χ4v) is 2.92. The molecule has 1 aliphatic heterocycles. The predicted octanol–water partition coefficient (Wildman–Crippen LogP) is 3.25. The molecule has 1 atom stereocenters. The summed E-state index contributed by atoms with van der Waals surface area (Å²) in [5, 5.41) is 3.07. The summed E-state index contributed by atoms with van der Waals surface area (Å²) in [7, 11) is 0. The number of nitrogens with one attached hydrogen (secondary N) is 1. The lowest BCUT2D eigenvalue weighted by Crippen LogP contribution is -2.31. The lowest BCUT2D eigenvalue weighted by molar-refractivity contribution is 0.0948. The highest BCUT2D eigenvalue weighted by atomic mass is 16.1. The Bertz CT molecular complexity index is 622. The second-order valence-corrected chi connectivity index (χ2v) is 6.01. The van der Waals surface area contributed by atoms with E-state index in [0.29, 0.717) is 5.92 Å². The van der Waals surface area contributed by atoms with E-state index in [9.17, 15) is 4.79 Å². The molecule has 1 fully saturated rings. The van der Waals surface area contributed by atoms with Crippen LogP contribution in [0.3, 0.4) is 0 Å². The number of rotatable bonds is 4. The summed E-state index contributed by atoms with van der Waals surface area (Å²) in [6, 6.07) is 18.2. The molecule has 1 N–H and O–H groups in total. The number of benzene rings is 2. The molecule has 1 aliphatic rings. The van der Waals surface area contributed by atoms with Crippen molar-refractivity contribution in [3.63, 3.8) is 0 Å². The smallest absolute Gasteiger partial charge is 0.251 e. The number of nitrogens with zero attached hydrogens (tertiary/aromatic N) is 1. The number of para-hydroxylation sites is 1. The van der Waals surface area contributed by atoms with Crippen LogP contribution in [0.25, 0.3) is 0 Å². The van der Waals surface area contributed by atoms with Crippen LogP contribution in [0.1, 0.15) is 22.3 Å². The van der Waals surface area contributed by atoms with Crippen LogP contribution in [0.15, 0.2) is 54.6 Å². The number of aryl methyl sites for hydroxylation is 1. The molecule has 22 heavy (non-hydrogen) atoms. The summed E-state index contributed by atoms with van der Waals surface area (Å²) in [4.78, 5) is 14.5. The van der Waals surface area contributed by atoms with Crippen LogP contribution in [0.2, 0.25) is 0 Å². The van der Waals surface area contributed by atoms with Crippen LogP contribution >= 0.6 is 0 Å². The van der Waals surface area contributed by atoms with E-state index >= 15 is 0 Å². The Balaban J connectivity index is 1.50. The fraction of sp³-hybridized carbons (Fsp3) is 0.316. The van der Waals surface area contributed by atoms with Crippen molar-refractivity contribution in [1.29, 1.82) is 0 Å². The molecule has 0 unspecified atom stereocenters. The van der Waals surface area contributed by atoms with Gasteiger partial charge in [0.15, 0.2) is 0 Å². The lowest BCUT2D eigenvalue weighted by atomic mass is 10.1. The zero-order valence-electron chi connectivity index (χ0n) is 13.0. The Morgan fingerprint density at radius 2 is 1.86 bits per heavy atom. The van der Waals surface area contributed by atoms with Gasteiger partial charge in [0.1, 0.15) is 0 Å². The zero-order chi connectivity index (χ0) is 15.4. The Kier molecular flexibility index (Phi) is 4.42. The minimum absolute atomic E-state index is 0.0261. The van der Waals surface area contributed by atoms with Crippen molar-refractivity contribution in [3.8, 4) is 0 Å². The summed E-state index contributed by atoms with van der Waals surface area (Å²) >= 11 is 0. The van der Waals surface area contributed by atoms with Gasteiger partial charge in [-0.1, -0.05) is 35.9 Å². The van der Waals surface area contributed by atoms with E-state index in [4.69, 9.17) is 0 Å². The Morgan fingerprint density at radius 3 is 2.59 bits per heavy atom. The van der Waals surface area contributed by atoms with Gasteiger partial charge in [-0.05, 0) is 43.5 Å². The van der Waals surface area contributed by atoms with Gasteiger partial charge in [-0.25, -0.2) is 0 Å². The van der Waals surface area contributed by atoms with Crippen molar-refractivity contribution >= 4 is 11.6 Å². The average molecular weight is 294 g/mol. The second kappa shape index (κ2) is 6.65. The summed E-state index contributed by atoms with van der Waals surface area (Å²) in [6.07, 6.45) is 1.13. The maximum atomic E-state index is 12.1. The third-order valence-electron chi connectivity index (χ3n) is 4.27. The quantitative estimate of drug-likeness (QED) is 0.939. The van der Waals surface area contributed by atoms with Gasteiger partial charge in [0.05, 0.1) is 0 Å². The third kappa shape index (κ3) is 3.48. The van der Waals surface area contributed by atoms with Crippen LogP contribution in [-0.4, -0.2) is 25.5 Å². The number of hydrogen-bond acceptors (Lipinski definition) is 2. The molecule has 1 amide bonds. The monoisotopic (exact) mass is 294 g/mol. The minimum Gasteiger partial charge on any atom is -0.371 e. The average Bonchev–Trinajstić information content (AvgIpc) is 3.03. The third-order valence-corrected chi connectivity index (χ3v) is 4.27. The SMILES string of the molecule is Cc1ccc(C(=O)NC[C@@H]2CCN(c3ccccc3)C2)cc1. The number of amides is 1. The zero-order valence-corrected chi connectivity index (χ0v) is 13.0. The largest absolute Gasteiger partial charge is 0.371 e. The van der Waals surface area contributed by atoms with Gasteiger partial charge in [0, 0.05) is 30.9 Å². The van der Waals surface area contributed by atoms with E-state index in [-0.39, 0.29) is 5.91 Å². The molecule has 0 saturated carbocycles. The first-order valence-corrected chi connectivity index (χ1v) is 7.87. The minimum atomic E-state index is 0.0261. The molecular formula is C19H22N2O. The van der Waals surface area contributed by atoms with Gasteiger partial charge in [-0.3, -0.25) is 4.79 Å². The molecule has 3 rings (SSSR count). The Morgan fingerprint density at radius 1 is 1.14 bits per heavy atom. The summed E-state index contributed by atoms with van der Waals surface area (Å²) < 4.78 is 0. The first-order valence-electron chi connectivity index (χ1n) is 7.87. The summed E-state index contributed by atoms with van der Waals surface area (Å²) in [6.45, 7) is 4.85. The van der Waals surface area contributed by atoms with Gasteiger partial charge in [0.2, 0.25) is 0 Å². The first-order chi connectivity index (χ1) is 10.7. The maximum absolute atomic E-state index is 12.1. The highest BCUT2D eigenvalue weighted by Crippen LogP contribution is 2.23. The molecular weight excluding hydrogens is 272 g/mol. The van der Waals surface area contributed by atoms with Crippen molar-refractivity contribution in [1.82, 2.24) is 5.32 Å². The fourth-order valence-electron chi connectivity index (χ4n) is 2.92. The molecule has 114 valence electrons. The molecule has 3 heteroatoms. The van der Waals surface area contributed by atoms with Crippen LogP contribution in [0.5, 0.6) is 0 Å². The van der Waals surface area contributed by atoms with E-state index in [0.717, 1.165) is 31.6 Å².